The molecular weight excluding hydrogens is 246 g/mol. The number of benzene rings is 1. The minimum Gasteiger partial charge on any atom is -0.398 e. The lowest BCUT2D eigenvalue weighted by atomic mass is 10.1. The quantitative estimate of drug-likeness (QED) is 0.516. The van der Waals surface area contributed by atoms with Crippen LogP contribution in [0.3, 0.4) is 0 Å². The molecule has 1 aromatic carbocycles. The number of unbranched alkanes of at least 4 members (excludes halogenated alkanes) is 5. The van der Waals surface area contributed by atoms with E-state index in [4.69, 9.17) is 22.1 Å². The predicted molar refractivity (Wildman–Crippen MR) is 78.9 cm³/mol. The van der Waals surface area contributed by atoms with Crippen LogP contribution in [0.1, 0.15) is 51.0 Å². The highest BCUT2D eigenvalue weighted by Crippen LogP contribution is 2.18. The van der Waals surface area contributed by atoms with E-state index in [2.05, 4.69) is 6.92 Å². The minimum atomic E-state index is 0.557. The molecule has 102 valence electrons. The lowest BCUT2D eigenvalue weighted by Crippen LogP contribution is -1.99. The number of nitrogens with two attached hydrogens (primary N) is 1. The second-order valence-electron chi connectivity index (χ2n) is 4.66. The van der Waals surface area contributed by atoms with Crippen molar-refractivity contribution >= 4 is 17.3 Å². The van der Waals surface area contributed by atoms with E-state index < -0.39 is 0 Å². The summed E-state index contributed by atoms with van der Waals surface area (Å²) in [5, 5.41) is 0.711. The molecule has 3 heteroatoms. The van der Waals surface area contributed by atoms with Gasteiger partial charge in [0.2, 0.25) is 0 Å². The van der Waals surface area contributed by atoms with Crippen LogP contribution in [-0.4, -0.2) is 6.61 Å². The number of hydrogen-bond donors (Lipinski definition) is 1. The summed E-state index contributed by atoms with van der Waals surface area (Å²) in [6.45, 7) is 3.60. The molecular formula is C15H24ClNO. The van der Waals surface area contributed by atoms with E-state index in [1.807, 2.05) is 12.1 Å². The van der Waals surface area contributed by atoms with Gasteiger partial charge in [-0.25, -0.2) is 0 Å². The van der Waals surface area contributed by atoms with Crippen molar-refractivity contribution in [2.45, 2.75) is 52.1 Å². The van der Waals surface area contributed by atoms with Crippen molar-refractivity contribution < 1.29 is 4.74 Å². The van der Waals surface area contributed by atoms with Gasteiger partial charge in [-0.15, -0.1) is 0 Å². The zero-order valence-electron chi connectivity index (χ0n) is 11.3. The van der Waals surface area contributed by atoms with Crippen LogP contribution in [0, 0.1) is 0 Å². The average molecular weight is 270 g/mol. The lowest BCUT2D eigenvalue weighted by Gasteiger charge is -2.07. The van der Waals surface area contributed by atoms with Crippen molar-refractivity contribution in [2.24, 2.45) is 0 Å². The Morgan fingerprint density at radius 1 is 1.11 bits per heavy atom. The van der Waals surface area contributed by atoms with E-state index in [9.17, 15) is 0 Å². The smallest absolute Gasteiger partial charge is 0.0737 e. The summed E-state index contributed by atoms with van der Waals surface area (Å²) >= 11 is 5.92. The van der Waals surface area contributed by atoms with Gasteiger partial charge in [0.15, 0.2) is 0 Å². The van der Waals surface area contributed by atoms with E-state index in [1.54, 1.807) is 6.07 Å². The molecule has 0 bridgehead atoms. The fraction of sp³-hybridized carbons (Fsp3) is 0.600. The molecule has 0 unspecified atom stereocenters. The number of halogens is 1. The summed E-state index contributed by atoms with van der Waals surface area (Å²) in [7, 11) is 0. The van der Waals surface area contributed by atoms with Crippen LogP contribution < -0.4 is 5.73 Å². The van der Waals surface area contributed by atoms with Gasteiger partial charge < -0.3 is 10.5 Å². The third kappa shape index (κ3) is 6.27. The maximum Gasteiger partial charge on any atom is 0.0737 e. The van der Waals surface area contributed by atoms with Gasteiger partial charge >= 0.3 is 0 Å². The molecule has 2 N–H and O–H groups in total. The SMILES string of the molecule is CCCCCCCCOCc1cc(Cl)ccc1N. The van der Waals surface area contributed by atoms with Crippen LogP contribution in [0.5, 0.6) is 0 Å². The topological polar surface area (TPSA) is 35.2 Å². The van der Waals surface area contributed by atoms with Crippen LogP contribution in [0.25, 0.3) is 0 Å². The van der Waals surface area contributed by atoms with Gasteiger partial charge in [-0.05, 0) is 24.6 Å². The lowest BCUT2D eigenvalue weighted by molar-refractivity contribution is 0.117. The second-order valence-corrected chi connectivity index (χ2v) is 5.10. The first-order valence-electron chi connectivity index (χ1n) is 6.85. The van der Waals surface area contributed by atoms with Crippen molar-refractivity contribution in [1.82, 2.24) is 0 Å². The molecule has 0 radical (unpaired) electrons. The van der Waals surface area contributed by atoms with Crippen LogP contribution in [0.2, 0.25) is 5.02 Å². The molecule has 0 aliphatic carbocycles. The van der Waals surface area contributed by atoms with Gasteiger partial charge in [0.25, 0.3) is 0 Å². The largest absolute Gasteiger partial charge is 0.398 e. The van der Waals surface area contributed by atoms with E-state index in [0.717, 1.165) is 24.3 Å². The highest BCUT2D eigenvalue weighted by Gasteiger charge is 2.00. The summed E-state index contributed by atoms with van der Waals surface area (Å²) in [4.78, 5) is 0. The average Bonchev–Trinajstić information content (AvgIpc) is 2.36. The zero-order valence-corrected chi connectivity index (χ0v) is 12.0. The molecule has 1 rings (SSSR count). The van der Waals surface area contributed by atoms with Crippen molar-refractivity contribution in [3.63, 3.8) is 0 Å². The second kappa shape index (κ2) is 9.23. The Bertz CT molecular complexity index is 341. The fourth-order valence-electron chi connectivity index (χ4n) is 1.87. The molecule has 2 nitrogen and oxygen atoms in total. The Labute approximate surface area is 115 Å². The normalized spacial score (nSPS) is 10.8. The van der Waals surface area contributed by atoms with E-state index >= 15 is 0 Å². The van der Waals surface area contributed by atoms with Crippen LogP contribution in [-0.2, 0) is 11.3 Å². The Hall–Kier alpha value is -0.730. The number of rotatable bonds is 9. The first kappa shape index (κ1) is 15.3. The summed E-state index contributed by atoms with van der Waals surface area (Å²) < 4.78 is 5.62. The predicted octanol–water partition coefficient (Wildman–Crippen LogP) is 4.80. The molecule has 1 aromatic rings. The first-order chi connectivity index (χ1) is 8.74. The fourth-order valence-corrected chi connectivity index (χ4v) is 2.06. The van der Waals surface area contributed by atoms with Gasteiger partial charge in [-0.2, -0.15) is 0 Å². The monoisotopic (exact) mass is 269 g/mol. The molecule has 18 heavy (non-hydrogen) atoms. The van der Waals surface area contributed by atoms with Crippen LogP contribution >= 0.6 is 11.6 Å². The van der Waals surface area contributed by atoms with Crippen molar-refractivity contribution in [3.05, 3.63) is 28.8 Å². The summed E-state index contributed by atoms with van der Waals surface area (Å²) in [6, 6.07) is 5.50. The van der Waals surface area contributed by atoms with E-state index in [1.165, 1.54) is 32.1 Å². The molecule has 0 saturated heterocycles. The van der Waals surface area contributed by atoms with Gasteiger partial charge in [-0.1, -0.05) is 50.6 Å². The molecule has 0 spiro atoms. The van der Waals surface area contributed by atoms with Crippen molar-refractivity contribution in [3.8, 4) is 0 Å². The van der Waals surface area contributed by atoms with Gasteiger partial charge in [0, 0.05) is 22.9 Å². The van der Waals surface area contributed by atoms with Gasteiger partial charge in [-0.3, -0.25) is 0 Å². The highest BCUT2D eigenvalue weighted by atomic mass is 35.5. The Morgan fingerprint density at radius 3 is 2.61 bits per heavy atom. The maximum atomic E-state index is 5.92. The molecule has 0 aliphatic heterocycles. The Balaban J connectivity index is 2.09. The Morgan fingerprint density at radius 2 is 1.83 bits per heavy atom. The summed E-state index contributed by atoms with van der Waals surface area (Å²) in [5.41, 5.74) is 7.58. The highest BCUT2D eigenvalue weighted by molar-refractivity contribution is 6.30. The van der Waals surface area contributed by atoms with Gasteiger partial charge in [0.1, 0.15) is 0 Å². The van der Waals surface area contributed by atoms with Crippen molar-refractivity contribution in [2.75, 3.05) is 12.3 Å². The number of ether oxygens (including phenoxy) is 1. The molecule has 0 amide bonds. The van der Waals surface area contributed by atoms with Crippen molar-refractivity contribution in [1.29, 1.82) is 0 Å². The van der Waals surface area contributed by atoms with Crippen LogP contribution in [0.15, 0.2) is 18.2 Å². The number of nitrogen functional groups attached to an aromatic ring is 1. The van der Waals surface area contributed by atoms with E-state index in [-0.39, 0.29) is 0 Å². The molecule has 0 aromatic heterocycles. The number of hydrogen-bond acceptors (Lipinski definition) is 2. The van der Waals surface area contributed by atoms with Gasteiger partial charge in [0.05, 0.1) is 6.61 Å². The van der Waals surface area contributed by atoms with E-state index in [0.29, 0.717) is 11.6 Å². The molecule has 0 aliphatic rings. The number of anilines is 1. The third-order valence-electron chi connectivity index (χ3n) is 3.00. The first-order valence-corrected chi connectivity index (χ1v) is 7.23. The maximum absolute atomic E-state index is 5.92. The molecule has 0 atom stereocenters. The molecule has 0 saturated carbocycles. The molecule has 0 fully saturated rings. The summed E-state index contributed by atoms with van der Waals surface area (Å²) in [6.07, 6.45) is 7.69. The minimum absolute atomic E-state index is 0.557. The molecule has 0 heterocycles. The summed E-state index contributed by atoms with van der Waals surface area (Å²) in [5.74, 6) is 0. The van der Waals surface area contributed by atoms with Crippen LogP contribution in [0.4, 0.5) is 5.69 Å². The Kier molecular flexibility index (Phi) is 7.86. The third-order valence-corrected chi connectivity index (χ3v) is 3.24. The zero-order chi connectivity index (χ0) is 13.2. The standard InChI is InChI=1S/C15H24ClNO/c1-2-3-4-5-6-7-10-18-12-13-11-14(16)8-9-15(13)17/h8-9,11H,2-7,10,12,17H2,1H3.